The van der Waals surface area contributed by atoms with Gasteiger partial charge in [0.05, 0.1) is 0 Å². The number of halogens is 1. The van der Waals surface area contributed by atoms with Gasteiger partial charge in [-0.05, 0) is 68.7 Å². The molecule has 0 bridgehead atoms. The molecule has 0 saturated heterocycles. The Kier molecular flexibility index (Phi) is 6.64. The molecule has 0 aliphatic rings. The van der Waals surface area contributed by atoms with Crippen molar-refractivity contribution in [3.05, 3.63) is 58.1 Å². The summed E-state index contributed by atoms with van der Waals surface area (Å²) in [5.74, 6) is -0.462. The Morgan fingerprint density at radius 3 is 2.42 bits per heavy atom. The molecule has 0 heterocycles. The molecule has 138 valence electrons. The lowest BCUT2D eigenvalue weighted by atomic mass is 10.1. The summed E-state index contributed by atoms with van der Waals surface area (Å²) in [6, 6.07) is 10.9. The number of amides is 1. The molecule has 2 aromatic rings. The number of carbonyl (C=O) groups excluding carboxylic acids is 2. The molecule has 0 unspecified atom stereocenters. The van der Waals surface area contributed by atoms with E-state index in [1.807, 2.05) is 32.0 Å². The third-order valence-corrected chi connectivity index (χ3v) is 4.16. The zero-order valence-corrected chi connectivity index (χ0v) is 16.0. The fourth-order valence-electron chi connectivity index (χ4n) is 2.42. The Hall–Kier alpha value is -2.53. The van der Waals surface area contributed by atoms with E-state index in [1.165, 1.54) is 6.92 Å². The molecule has 1 atom stereocenters. The van der Waals surface area contributed by atoms with Crippen molar-refractivity contribution in [2.45, 2.75) is 33.8 Å². The number of carbonyl (C=O) groups is 2. The van der Waals surface area contributed by atoms with Gasteiger partial charge in [-0.3, -0.25) is 4.79 Å². The number of anilines is 1. The van der Waals surface area contributed by atoms with Crippen LogP contribution in [0.25, 0.3) is 0 Å². The highest BCUT2D eigenvalue weighted by atomic mass is 35.5. The van der Waals surface area contributed by atoms with Crippen LogP contribution in [-0.2, 0) is 14.3 Å². The number of rotatable bonds is 6. The van der Waals surface area contributed by atoms with Crippen LogP contribution in [0.1, 0.15) is 23.6 Å². The first-order valence-corrected chi connectivity index (χ1v) is 8.60. The summed E-state index contributed by atoms with van der Waals surface area (Å²) >= 11 is 6.03. The normalized spacial score (nSPS) is 11.6. The zero-order chi connectivity index (χ0) is 19.3. The summed E-state index contributed by atoms with van der Waals surface area (Å²) in [4.78, 5) is 24.1. The molecular weight excluding hydrogens is 354 g/mol. The summed E-state index contributed by atoms with van der Waals surface area (Å²) in [5.41, 5.74) is 3.41. The van der Waals surface area contributed by atoms with Crippen molar-refractivity contribution in [1.82, 2.24) is 0 Å². The van der Waals surface area contributed by atoms with E-state index in [0.717, 1.165) is 16.7 Å². The second kappa shape index (κ2) is 8.72. The van der Waals surface area contributed by atoms with Gasteiger partial charge >= 0.3 is 5.97 Å². The molecule has 0 aliphatic carbocycles. The number of hydrogen-bond donors (Lipinski definition) is 1. The molecule has 0 fully saturated rings. The summed E-state index contributed by atoms with van der Waals surface area (Å²) in [6.45, 7) is 6.93. The molecule has 0 saturated carbocycles. The lowest BCUT2D eigenvalue weighted by Crippen LogP contribution is -2.31. The SMILES string of the molecule is Cc1cc(C)cc(OCC(=O)O[C@H](C)C(=O)Nc2cccc(Cl)c2C)c1. The topological polar surface area (TPSA) is 64.6 Å². The Morgan fingerprint density at radius 2 is 1.77 bits per heavy atom. The zero-order valence-electron chi connectivity index (χ0n) is 15.3. The van der Waals surface area contributed by atoms with Crippen molar-refractivity contribution in [3.8, 4) is 5.75 Å². The van der Waals surface area contributed by atoms with E-state index in [0.29, 0.717) is 16.5 Å². The summed E-state index contributed by atoms with van der Waals surface area (Å²) in [7, 11) is 0. The lowest BCUT2D eigenvalue weighted by molar-refractivity contribution is -0.155. The molecule has 2 rings (SSSR count). The van der Waals surface area contributed by atoms with Crippen molar-refractivity contribution in [2.24, 2.45) is 0 Å². The largest absolute Gasteiger partial charge is 0.482 e. The van der Waals surface area contributed by atoms with Gasteiger partial charge in [-0.15, -0.1) is 0 Å². The fraction of sp³-hybridized carbons (Fsp3) is 0.300. The van der Waals surface area contributed by atoms with Crippen LogP contribution in [0, 0.1) is 20.8 Å². The number of hydrogen-bond acceptors (Lipinski definition) is 4. The number of benzene rings is 2. The van der Waals surface area contributed by atoms with E-state index in [2.05, 4.69) is 5.32 Å². The number of ether oxygens (including phenoxy) is 2. The first-order valence-electron chi connectivity index (χ1n) is 8.23. The van der Waals surface area contributed by atoms with E-state index in [-0.39, 0.29) is 6.61 Å². The number of esters is 1. The maximum atomic E-state index is 12.2. The Balaban J connectivity index is 1.87. The molecule has 0 aromatic heterocycles. The van der Waals surface area contributed by atoms with E-state index >= 15 is 0 Å². The molecule has 2 aromatic carbocycles. The molecule has 1 N–H and O–H groups in total. The standard InChI is InChI=1S/C20H22ClNO4/c1-12-8-13(2)10-16(9-12)25-11-19(23)26-15(4)20(24)22-18-7-5-6-17(21)14(18)3/h5-10,15H,11H2,1-4H3,(H,22,24)/t15-/m1/s1. The Bertz CT molecular complexity index is 799. The lowest BCUT2D eigenvalue weighted by Gasteiger charge is -2.15. The molecule has 0 spiro atoms. The Labute approximate surface area is 158 Å². The predicted molar refractivity (Wildman–Crippen MR) is 102 cm³/mol. The van der Waals surface area contributed by atoms with Crippen LogP contribution in [0.5, 0.6) is 5.75 Å². The van der Waals surface area contributed by atoms with Gasteiger partial charge in [-0.1, -0.05) is 23.7 Å². The highest BCUT2D eigenvalue weighted by molar-refractivity contribution is 6.31. The summed E-state index contributed by atoms with van der Waals surface area (Å²) in [5, 5.41) is 3.25. The minimum atomic E-state index is -0.955. The van der Waals surface area contributed by atoms with Gasteiger partial charge in [0.15, 0.2) is 12.7 Å². The van der Waals surface area contributed by atoms with Gasteiger partial charge in [-0.2, -0.15) is 0 Å². The highest BCUT2D eigenvalue weighted by Gasteiger charge is 2.19. The maximum absolute atomic E-state index is 12.2. The van der Waals surface area contributed by atoms with Crippen molar-refractivity contribution in [2.75, 3.05) is 11.9 Å². The van der Waals surface area contributed by atoms with Crippen molar-refractivity contribution < 1.29 is 19.1 Å². The first kappa shape index (κ1) is 19.8. The molecular formula is C20H22ClNO4. The number of nitrogens with one attached hydrogen (secondary N) is 1. The third-order valence-electron chi connectivity index (χ3n) is 3.75. The van der Waals surface area contributed by atoms with Crippen LogP contribution >= 0.6 is 11.6 Å². The van der Waals surface area contributed by atoms with Crippen molar-refractivity contribution in [1.29, 1.82) is 0 Å². The molecule has 5 nitrogen and oxygen atoms in total. The van der Waals surface area contributed by atoms with Crippen LogP contribution < -0.4 is 10.1 Å². The van der Waals surface area contributed by atoms with Crippen LogP contribution in [0.4, 0.5) is 5.69 Å². The quantitative estimate of drug-likeness (QED) is 0.768. The maximum Gasteiger partial charge on any atom is 0.344 e. The second-order valence-corrected chi connectivity index (χ2v) is 6.55. The molecule has 26 heavy (non-hydrogen) atoms. The monoisotopic (exact) mass is 375 g/mol. The smallest absolute Gasteiger partial charge is 0.344 e. The van der Waals surface area contributed by atoms with Gasteiger partial charge in [0.2, 0.25) is 0 Å². The molecule has 6 heteroatoms. The summed E-state index contributed by atoms with van der Waals surface area (Å²) < 4.78 is 10.6. The first-order chi connectivity index (χ1) is 12.3. The minimum Gasteiger partial charge on any atom is -0.482 e. The van der Waals surface area contributed by atoms with Gasteiger partial charge in [-0.25, -0.2) is 4.79 Å². The van der Waals surface area contributed by atoms with Crippen LogP contribution in [0.3, 0.4) is 0 Å². The van der Waals surface area contributed by atoms with E-state index < -0.39 is 18.0 Å². The van der Waals surface area contributed by atoms with Gasteiger partial charge in [0.25, 0.3) is 5.91 Å². The summed E-state index contributed by atoms with van der Waals surface area (Å²) in [6.07, 6.45) is -0.955. The molecule has 0 radical (unpaired) electrons. The van der Waals surface area contributed by atoms with E-state index in [1.54, 1.807) is 25.1 Å². The minimum absolute atomic E-state index is 0.267. The van der Waals surface area contributed by atoms with Crippen molar-refractivity contribution in [3.63, 3.8) is 0 Å². The van der Waals surface area contributed by atoms with Gasteiger partial charge in [0, 0.05) is 10.7 Å². The van der Waals surface area contributed by atoms with Gasteiger partial charge in [0.1, 0.15) is 5.75 Å². The second-order valence-electron chi connectivity index (χ2n) is 6.15. The number of aryl methyl sites for hydroxylation is 2. The van der Waals surface area contributed by atoms with Crippen LogP contribution in [-0.4, -0.2) is 24.6 Å². The van der Waals surface area contributed by atoms with Crippen LogP contribution in [0.15, 0.2) is 36.4 Å². The molecule has 1 amide bonds. The predicted octanol–water partition coefficient (Wildman–Crippen LogP) is 4.21. The highest BCUT2D eigenvalue weighted by Crippen LogP contribution is 2.23. The average molecular weight is 376 g/mol. The van der Waals surface area contributed by atoms with E-state index in [9.17, 15) is 9.59 Å². The third kappa shape index (κ3) is 5.49. The van der Waals surface area contributed by atoms with Crippen LogP contribution in [0.2, 0.25) is 5.02 Å². The Morgan fingerprint density at radius 1 is 1.12 bits per heavy atom. The fourth-order valence-corrected chi connectivity index (χ4v) is 2.59. The van der Waals surface area contributed by atoms with Gasteiger partial charge < -0.3 is 14.8 Å². The van der Waals surface area contributed by atoms with Crippen molar-refractivity contribution >= 4 is 29.2 Å². The average Bonchev–Trinajstić information content (AvgIpc) is 2.56. The molecule has 0 aliphatic heterocycles. The van der Waals surface area contributed by atoms with E-state index in [4.69, 9.17) is 21.1 Å².